The molecule has 1 amide bonds. The van der Waals surface area contributed by atoms with Gasteiger partial charge in [0.05, 0.1) is 55.2 Å². The van der Waals surface area contributed by atoms with Crippen LogP contribution in [0, 0.1) is 18.3 Å². The highest BCUT2D eigenvalue weighted by Crippen LogP contribution is 2.34. The van der Waals surface area contributed by atoms with E-state index in [4.69, 9.17) is 19.7 Å². The van der Waals surface area contributed by atoms with E-state index in [9.17, 15) is 4.79 Å². The average molecular weight is 404 g/mol. The third kappa shape index (κ3) is 3.33. The van der Waals surface area contributed by atoms with Crippen LogP contribution in [0.1, 0.15) is 28.5 Å². The zero-order valence-electron chi connectivity index (χ0n) is 16.9. The third-order valence-electron chi connectivity index (χ3n) is 4.84. The minimum absolute atomic E-state index is 0.125. The van der Waals surface area contributed by atoms with E-state index in [1.54, 1.807) is 30.6 Å². The highest BCUT2D eigenvalue weighted by atomic mass is 16.5. The van der Waals surface area contributed by atoms with Crippen molar-refractivity contribution >= 4 is 11.6 Å². The van der Waals surface area contributed by atoms with Crippen molar-refractivity contribution in [3.8, 4) is 29.0 Å². The van der Waals surface area contributed by atoms with E-state index in [0.717, 1.165) is 11.1 Å². The van der Waals surface area contributed by atoms with Crippen LogP contribution >= 0.6 is 0 Å². The molecular weight excluding hydrogens is 384 g/mol. The quantitative estimate of drug-likeness (QED) is 0.622. The summed E-state index contributed by atoms with van der Waals surface area (Å²) in [5.41, 5.74) is 4.23. The Morgan fingerprint density at radius 2 is 2.13 bits per heavy atom. The lowest BCUT2D eigenvalue weighted by atomic mass is 10.1. The fourth-order valence-corrected chi connectivity index (χ4v) is 3.47. The van der Waals surface area contributed by atoms with Gasteiger partial charge in [0.15, 0.2) is 5.75 Å². The largest absolute Gasteiger partial charge is 0.491 e. The number of aryl methyl sites for hydroxylation is 1. The zero-order valence-corrected chi connectivity index (χ0v) is 16.9. The smallest absolute Gasteiger partial charge is 0.260 e. The van der Waals surface area contributed by atoms with Gasteiger partial charge in [-0.1, -0.05) is 0 Å². The van der Waals surface area contributed by atoms with Gasteiger partial charge in [-0.25, -0.2) is 4.98 Å². The fraction of sp³-hybridized carbons (Fsp3) is 0.286. The van der Waals surface area contributed by atoms with E-state index in [0.29, 0.717) is 47.4 Å². The number of hydrogen-bond donors (Lipinski definition) is 0. The molecule has 0 unspecified atom stereocenters. The minimum atomic E-state index is -0.125. The van der Waals surface area contributed by atoms with Crippen LogP contribution in [-0.2, 0) is 13.1 Å². The predicted molar refractivity (Wildman–Crippen MR) is 108 cm³/mol. The third-order valence-corrected chi connectivity index (χ3v) is 4.84. The zero-order chi connectivity index (χ0) is 21.3. The summed E-state index contributed by atoms with van der Waals surface area (Å²) in [5.74, 6) is 0.828. The maximum Gasteiger partial charge on any atom is 0.260 e. The van der Waals surface area contributed by atoms with Crippen LogP contribution in [0.3, 0.4) is 0 Å². The molecule has 0 radical (unpaired) electrons. The summed E-state index contributed by atoms with van der Waals surface area (Å²) in [4.78, 5) is 23.7. The van der Waals surface area contributed by atoms with Crippen molar-refractivity contribution in [3.63, 3.8) is 0 Å². The maximum atomic E-state index is 13.0. The number of methoxy groups -OCH3 is 1. The van der Waals surface area contributed by atoms with E-state index in [1.165, 1.54) is 4.68 Å². The molecular formula is C21H20N6O3. The number of nitriles is 1. The van der Waals surface area contributed by atoms with E-state index >= 15 is 0 Å². The van der Waals surface area contributed by atoms with Gasteiger partial charge in [0, 0.05) is 18.0 Å². The number of carbonyl (C=O) groups is 1. The first kappa shape index (κ1) is 19.4. The van der Waals surface area contributed by atoms with Gasteiger partial charge in [-0.05, 0) is 31.5 Å². The Morgan fingerprint density at radius 1 is 1.30 bits per heavy atom. The van der Waals surface area contributed by atoms with Gasteiger partial charge >= 0.3 is 0 Å². The molecule has 4 rings (SSSR count). The van der Waals surface area contributed by atoms with Crippen LogP contribution in [0.4, 0.5) is 5.69 Å². The fourth-order valence-electron chi connectivity index (χ4n) is 3.47. The van der Waals surface area contributed by atoms with Crippen LogP contribution in [0.25, 0.3) is 11.3 Å². The molecule has 1 aliphatic heterocycles. The number of ether oxygens (including phenoxy) is 2. The number of amides is 1. The standard InChI is InChI=1S/C21H20N6O3/c1-4-30-20-18(29-3)8-14(9-23-20)16-7-13(2)19-17(25-16)12-27(21(19)28)15-10-24-26(11-15)6-5-22/h7-11H,4,6,12H2,1-3H3. The maximum absolute atomic E-state index is 13.0. The Labute approximate surface area is 173 Å². The summed E-state index contributed by atoms with van der Waals surface area (Å²) in [5, 5.41) is 12.9. The van der Waals surface area contributed by atoms with Gasteiger partial charge in [-0.15, -0.1) is 0 Å². The molecule has 9 heteroatoms. The SMILES string of the molecule is CCOc1ncc(-c2cc(C)c3c(n2)CN(c2cnn(CC#N)c2)C3=O)cc1OC. The van der Waals surface area contributed by atoms with E-state index < -0.39 is 0 Å². The first-order valence-electron chi connectivity index (χ1n) is 9.44. The summed E-state index contributed by atoms with van der Waals surface area (Å²) in [7, 11) is 1.56. The topological polar surface area (TPSA) is 106 Å². The lowest BCUT2D eigenvalue weighted by Gasteiger charge is -2.11. The molecule has 3 aromatic rings. The van der Waals surface area contributed by atoms with Gasteiger partial charge in [0.25, 0.3) is 11.8 Å². The molecule has 0 aromatic carbocycles. The second-order valence-electron chi connectivity index (χ2n) is 6.76. The first-order chi connectivity index (χ1) is 14.5. The molecule has 0 fully saturated rings. The van der Waals surface area contributed by atoms with Crippen molar-refractivity contribution in [2.75, 3.05) is 18.6 Å². The summed E-state index contributed by atoms with van der Waals surface area (Å²) in [6, 6.07) is 5.73. The molecule has 9 nitrogen and oxygen atoms in total. The molecule has 152 valence electrons. The highest BCUT2D eigenvalue weighted by molar-refractivity contribution is 6.10. The number of aromatic nitrogens is 4. The first-order valence-corrected chi connectivity index (χ1v) is 9.44. The lowest BCUT2D eigenvalue weighted by molar-refractivity contribution is 0.0996. The Hall–Kier alpha value is -3.93. The van der Waals surface area contributed by atoms with Gasteiger partial charge < -0.3 is 9.47 Å². The molecule has 0 atom stereocenters. The van der Waals surface area contributed by atoms with E-state index in [1.807, 2.05) is 32.0 Å². The number of nitrogens with zero attached hydrogens (tertiary/aromatic N) is 6. The second kappa shape index (κ2) is 7.83. The van der Waals surface area contributed by atoms with Crippen molar-refractivity contribution in [3.05, 3.63) is 47.5 Å². The number of anilines is 1. The summed E-state index contributed by atoms with van der Waals surface area (Å²) in [6.45, 7) is 4.73. The minimum Gasteiger partial charge on any atom is -0.491 e. The average Bonchev–Trinajstić information content (AvgIpc) is 3.33. The van der Waals surface area contributed by atoms with Crippen LogP contribution in [0.2, 0.25) is 0 Å². The van der Waals surface area contributed by atoms with Crippen LogP contribution in [0.5, 0.6) is 11.6 Å². The number of hydrogen-bond acceptors (Lipinski definition) is 7. The molecule has 0 bridgehead atoms. The number of fused-ring (bicyclic) bond motifs is 1. The van der Waals surface area contributed by atoms with Gasteiger partial charge in [0.1, 0.15) is 6.54 Å². The van der Waals surface area contributed by atoms with Crippen LogP contribution in [0.15, 0.2) is 30.7 Å². The summed E-state index contributed by atoms with van der Waals surface area (Å²) >= 11 is 0. The Balaban J connectivity index is 1.68. The van der Waals surface area contributed by atoms with Crippen molar-refractivity contribution in [1.29, 1.82) is 5.26 Å². The second-order valence-corrected chi connectivity index (χ2v) is 6.76. The molecule has 1 aliphatic rings. The monoisotopic (exact) mass is 404 g/mol. The summed E-state index contributed by atoms with van der Waals surface area (Å²) < 4.78 is 12.4. The lowest BCUT2D eigenvalue weighted by Crippen LogP contribution is -2.22. The van der Waals surface area contributed by atoms with Crippen molar-refractivity contribution in [2.24, 2.45) is 0 Å². The molecule has 4 heterocycles. The Bertz CT molecular complexity index is 1160. The van der Waals surface area contributed by atoms with Crippen LogP contribution in [-0.4, -0.2) is 39.4 Å². The van der Waals surface area contributed by atoms with Crippen molar-refractivity contribution < 1.29 is 14.3 Å². The molecule has 0 saturated heterocycles. The molecule has 0 spiro atoms. The highest BCUT2D eigenvalue weighted by Gasteiger charge is 2.32. The Kier molecular flexibility index (Phi) is 5.06. The molecule has 0 saturated carbocycles. The normalized spacial score (nSPS) is 12.6. The molecule has 0 aliphatic carbocycles. The van der Waals surface area contributed by atoms with Crippen LogP contribution < -0.4 is 14.4 Å². The number of carbonyl (C=O) groups excluding carboxylic acids is 1. The molecule has 3 aromatic heterocycles. The van der Waals surface area contributed by atoms with Gasteiger partial charge in [0.2, 0.25) is 0 Å². The van der Waals surface area contributed by atoms with E-state index in [2.05, 4.69) is 10.1 Å². The molecule has 30 heavy (non-hydrogen) atoms. The van der Waals surface area contributed by atoms with Gasteiger partial charge in [-0.2, -0.15) is 10.4 Å². The Morgan fingerprint density at radius 3 is 2.87 bits per heavy atom. The summed E-state index contributed by atoms with van der Waals surface area (Å²) in [6.07, 6.45) is 4.95. The number of pyridine rings is 2. The van der Waals surface area contributed by atoms with Crippen molar-refractivity contribution in [2.45, 2.75) is 26.9 Å². The van der Waals surface area contributed by atoms with E-state index in [-0.39, 0.29) is 12.5 Å². The van der Waals surface area contributed by atoms with Gasteiger partial charge in [-0.3, -0.25) is 19.4 Å². The van der Waals surface area contributed by atoms with Crippen molar-refractivity contribution in [1.82, 2.24) is 19.7 Å². The predicted octanol–water partition coefficient (Wildman–Crippen LogP) is 2.74. The molecule has 0 N–H and O–H groups in total. The number of rotatable bonds is 6.